The molecule has 0 saturated heterocycles. The number of benzene rings is 1. The van der Waals surface area contributed by atoms with E-state index in [4.69, 9.17) is 4.74 Å². The number of H-pyrrole nitrogens is 1. The van der Waals surface area contributed by atoms with E-state index < -0.39 is 0 Å². The molecule has 1 amide bonds. The number of aromatic nitrogens is 3. The van der Waals surface area contributed by atoms with Crippen molar-refractivity contribution >= 4 is 27.7 Å². The first-order chi connectivity index (χ1) is 12.7. The van der Waals surface area contributed by atoms with Crippen LogP contribution in [0.3, 0.4) is 0 Å². The van der Waals surface area contributed by atoms with E-state index in [2.05, 4.69) is 15.5 Å². The number of aromatic amines is 1. The zero-order valence-electron chi connectivity index (χ0n) is 15.0. The van der Waals surface area contributed by atoms with Crippen LogP contribution in [0.5, 0.6) is 0 Å². The number of amides is 1. The molecule has 2 aromatic heterocycles. The molecule has 2 N–H and O–H groups in total. The molecule has 0 fully saturated rings. The van der Waals surface area contributed by atoms with Crippen LogP contribution >= 0.6 is 0 Å². The van der Waals surface area contributed by atoms with Crippen LogP contribution in [0.4, 0.5) is 0 Å². The van der Waals surface area contributed by atoms with Crippen LogP contribution in [0.15, 0.2) is 35.3 Å². The Kier molecular flexibility index (Phi) is 6.01. The summed E-state index contributed by atoms with van der Waals surface area (Å²) in [6, 6.07) is 7.87. The molecule has 0 radical (unpaired) electrons. The number of carbonyl (C=O) groups is 1. The van der Waals surface area contributed by atoms with Crippen LogP contribution in [0, 0.1) is 0 Å². The second-order valence-electron chi connectivity index (χ2n) is 6.13. The molecule has 0 atom stereocenters. The molecule has 2 heterocycles. The molecule has 0 aliphatic heterocycles. The van der Waals surface area contributed by atoms with Gasteiger partial charge < -0.3 is 14.6 Å². The van der Waals surface area contributed by atoms with E-state index in [0.717, 1.165) is 22.7 Å². The molecule has 3 rings (SSSR count). The summed E-state index contributed by atoms with van der Waals surface area (Å²) in [4.78, 5) is 24.2. The Morgan fingerprint density at radius 2 is 2.12 bits per heavy atom. The van der Waals surface area contributed by atoms with Gasteiger partial charge in [-0.15, -0.1) is 0 Å². The summed E-state index contributed by atoms with van der Waals surface area (Å²) in [5.41, 5.74) is 1.38. The number of rotatable bonds is 9. The van der Waals surface area contributed by atoms with Gasteiger partial charge in [-0.3, -0.25) is 9.59 Å². The van der Waals surface area contributed by atoms with E-state index in [1.807, 2.05) is 35.8 Å². The Morgan fingerprint density at radius 1 is 1.27 bits per heavy atom. The predicted octanol–water partition coefficient (Wildman–Crippen LogP) is 2.20. The SMILES string of the molecule is CCOCCCNC(=O)CCCn1c2ccccc2c2cn[nH]c(=O)c21. The van der Waals surface area contributed by atoms with Crippen LogP contribution in [-0.2, 0) is 16.1 Å². The Labute approximate surface area is 151 Å². The van der Waals surface area contributed by atoms with Gasteiger partial charge in [-0.25, -0.2) is 5.10 Å². The summed E-state index contributed by atoms with van der Waals surface area (Å²) >= 11 is 0. The van der Waals surface area contributed by atoms with Crippen molar-refractivity contribution in [1.29, 1.82) is 0 Å². The van der Waals surface area contributed by atoms with E-state index in [-0.39, 0.29) is 11.5 Å². The molecule has 1 aromatic carbocycles. The topological polar surface area (TPSA) is 89.0 Å². The van der Waals surface area contributed by atoms with Gasteiger partial charge in [-0.1, -0.05) is 18.2 Å². The normalized spacial score (nSPS) is 11.3. The average molecular weight is 356 g/mol. The zero-order valence-corrected chi connectivity index (χ0v) is 15.0. The first-order valence-corrected chi connectivity index (χ1v) is 9.01. The number of para-hydroxylation sites is 1. The fourth-order valence-electron chi connectivity index (χ4n) is 3.18. The number of ether oxygens (including phenoxy) is 1. The van der Waals surface area contributed by atoms with Crippen molar-refractivity contribution in [2.24, 2.45) is 0 Å². The monoisotopic (exact) mass is 356 g/mol. The van der Waals surface area contributed by atoms with Gasteiger partial charge in [0.05, 0.1) is 6.20 Å². The van der Waals surface area contributed by atoms with Crippen LogP contribution in [0.1, 0.15) is 26.2 Å². The number of nitrogens with zero attached hydrogens (tertiary/aromatic N) is 2. The molecule has 26 heavy (non-hydrogen) atoms. The van der Waals surface area contributed by atoms with Crippen molar-refractivity contribution in [2.45, 2.75) is 32.7 Å². The molecule has 7 heteroatoms. The van der Waals surface area contributed by atoms with Gasteiger partial charge in [0.15, 0.2) is 0 Å². The van der Waals surface area contributed by atoms with Crippen molar-refractivity contribution in [1.82, 2.24) is 20.1 Å². The number of hydrogen-bond donors (Lipinski definition) is 2. The largest absolute Gasteiger partial charge is 0.382 e. The summed E-state index contributed by atoms with van der Waals surface area (Å²) in [6.07, 6.45) is 3.58. The quantitative estimate of drug-likeness (QED) is 0.575. The van der Waals surface area contributed by atoms with Crippen molar-refractivity contribution in [3.8, 4) is 0 Å². The van der Waals surface area contributed by atoms with Crippen molar-refractivity contribution in [2.75, 3.05) is 19.8 Å². The minimum absolute atomic E-state index is 0.0258. The molecular weight excluding hydrogens is 332 g/mol. The lowest BCUT2D eigenvalue weighted by Gasteiger charge is -2.08. The third-order valence-electron chi connectivity index (χ3n) is 4.36. The Balaban J connectivity index is 1.65. The van der Waals surface area contributed by atoms with Crippen molar-refractivity contribution in [3.05, 3.63) is 40.8 Å². The number of fused-ring (bicyclic) bond motifs is 3. The predicted molar refractivity (Wildman–Crippen MR) is 101 cm³/mol. The maximum absolute atomic E-state index is 12.3. The maximum atomic E-state index is 12.3. The van der Waals surface area contributed by atoms with Gasteiger partial charge in [0.2, 0.25) is 5.91 Å². The maximum Gasteiger partial charge on any atom is 0.288 e. The number of carbonyl (C=O) groups excluding carboxylic acids is 1. The van der Waals surface area contributed by atoms with E-state index in [1.165, 1.54) is 0 Å². The summed E-state index contributed by atoms with van der Waals surface area (Å²) in [7, 11) is 0. The van der Waals surface area contributed by atoms with Gasteiger partial charge in [0, 0.05) is 49.0 Å². The lowest BCUT2D eigenvalue weighted by atomic mass is 10.2. The average Bonchev–Trinajstić information content (AvgIpc) is 2.97. The summed E-state index contributed by atoms with van der Waals surface area (Å²) in [6.45, 7) is 4.54. The van der Waals surface area contributed by atoms with Gasteiger partial charge in [0.1, 0.15) is 5.52 Å². The minimum atomic E-state index is -0.209. The molecular formula is C19H24N4O3. The Hall–Kier alpha value is -2.67. The molecule has 0 spiro atoms. The highest BCUT2D eigenvalue weighted by Crippen LogP contribution is 2.26. The van der Waals surface area contributed by atoms with Crippen molar-refractivity contribution < 1.29 is 9.53 Å². The van der Waals surface area contributed by atoms with E-state index in [9.17, 15) is 9.59 Å². The molecule has 138 valence electrons. The molecule has 3 aromatic rings. The number of hydrogen-bond acceptors (Lipinski definition) is 4. The van der Waals surface area contributed by atoms with Crippen LogP contribution in [0.2, 0.25) is 0 Å². The molecule has 0 unspecified atom stereocenters. The van der Waals surface area contributed by atoms with Crippen LogP contribution < -0.4 is 10.9 Å². The van der Waals surface area contributed by atoms with Gasteiger partial charge in [-0.2, -0.15) is 5.10 Å². The lowest BCUT2D eigenvalue weighted by Crippen LogP contribution is -2.25. The Bertz CT molecular complexity index is 945. The van der Waals surface area contributed by atoms with E-state index >= 15 is 0 Å². The third-order valence-corrected chi connectivity index (χ3v) is 4.36. The second-order valence-corrected chi connectivity index (χ2v) is 6.13. The van der Waals surface area contributed by atoms with Crippen LogP contribution in [-0.4, -0.2) is 40.4 Å². The highest BCUT2D eigenvalue weighted by molar-refractivity contribution is 6.07. The molecule has 0 bridgehead atoms. The zero-order chi connectivity index (χ0) is 18.4. The fourth-order valence-corrected chi connectivity index (χ4v) is 3.18. The fraction of sp³-hybridized carbons (Fsp3) is 0.421. The third kappa shape index (κ3) is 3.94. The summed E-state index contributed by atoms with van der Waals surface area (Å²) in [5.74, 6) is 0.0258. The minimum Gasteiger partial charge on any atom is -0.382 e. The number of nitrogens with one attached hydrogen (secondary N) is 2. The van der Waals surface area contributed by atoms with Crippen LogP contribution in [0.25, 0.3) is 21.8 Å². The standard InChI is InChI=1S/C19H24N4O3/c1-2-26-12-6-10-20-17(24)9-5-11-23-16-8-4-3-7-14(16)15-13-21-22-19(25)18(15)23/h3-4,7-8,13H,2,5-6,9-12H2,1H3,(H,20,24)(H,22,25). The summed E-state index contributed by atoms with van der Waals surface area (Å²) < 4.78 is 7.23. The highest BCUT2D eigenvalue weighted by atomic mass is 16.5. The van der Waals surface area contributed by atoms with Crippen molar-refractivity contribution in [3.63, 3.8) is 0 Å². The number of aryl methyl sites for hydroxylation is 1. The first kappa shape index (κ1) is 18.1. The smallest absolute Gasteiger partial charge is 0.288 e. The Morgan fingerprint density at radius 3 is 2.96 bits per heavy atom. The molecule has 0 aliphatic rings. The highest BCUT2D eigenvalue weighted by Gasteiger charge is 2.13. The van der Waals surface area contributed by atoms with E-state index in [1.54, 1.807) is 6.20 Å². The van der Waals surface area contributed by atoms with Gasteiger partial charge in [-0.05, 0) is 25.8 Å². The molecule has 7 nitrogen and oxygen atoms in total. The second kappa shape index (κ2) is 8.62. The molecule has 0 saturated carbocycles. The van der Waals surface area contributed by atoms with E-state index in [0.29, 0.717) is 44.7 Å². The lowest BCUT2D eigenvalue weighted by molar-refractivity contribution is -0.121. The first-order valence-electron chi connectivity index (χ1n) is 9.01. The molecule has 0 aliphatic carbocycles. The summed E-state index contributed by atoms with van der Waals surface area (Å²) in [5, 5.41) is 11.2. The van der Waals surface area contributed by atoms with Gasteiger partial charge >= 0.3 is 0 Å². The van der Waals surface area contributed by atoms with Gasteiger partial charge in [0.25, 0.3) is 5.56 Å².